The number of hydrazone groups is 1. The van der Waals surface area contributed by atoms with Crippen molar-refractivity contribution in [3.05, 3.63) is 52.9 Å². The molecule has 1 amide bonds. The van der Waals surface area contributed by atoms with Crippen LogP contribution in [-0.2, 0) is 4.79 Å². The molecule has 1 aromatic carbocycles. The quantitative estimate of drug-likeness (QED) is 0.540. The highest BCUT2D eigenvalue weighted by Gasteiger charge is 2.62. The Balaban J connectivity index is 1.29. The molecule has 3 saturated carbocycles. The van der Waals surface area contributed by atoms with Crippen molar-refractivity contribution in [3.8, 4) is 0 Å². The van der Waals surface area contributed by atoms with Crippen LogP contribution in [0.5, 0.6) is 0 Å². The van der Waals surface area contributed by atoms with Gasteiger partial charge in [0.15, 0.2) is 0 Å². The van der Waals surface area contributed by atoms with Crippen molar-refractivity contribution in [2.45, 2.75) is 38.0 Å². The summed E-state index contributed by atoms with van der Waals surface area (Å²) in [5.41, 5.74) is -0.0579. The molecule has 3 atom stereocenters. The predicted octanol–water partition coefficient (Wildman–Crippen LogP) is 3.51. The SMILES string of the molecule is O=C(C1CC2(C(O)Nc3cc(Cl)ncn3)CC1C2)N1N=CCC1c1cc(F)cc(F)c1. The molecular formula is C21H20ClF2N5O2. The molecule has 2 aromatic rings. The zero-order chi connectivity index (χ0) is 21.8. The van der Waals surface area contributed by atoms with E-state index in [1.807, 2.05) is 0 Å². The van der Waals surface area contributed by atoms with Crippen molar-refractivity contribution < 1.29 is 18.7 Å². The Kier molecular flexibility index (Phi) is 4.90. The molecule has 0 saturated heterocycles. The summed E-state index contributed by atoms with van der Waals surface area (Å²) in [5, 5.41) is 19.6. The normalized spacial score (nSPS) is 29.7. The summed E-state index contributed by atoms with van der Waals surface area (Å²) < 4.78 is 27.4. The molecule has 10 heteroatoms. The topological polar surface area (TPSA) is 90.7 Å². The van der Waals surface area contributed by atoms with E-state index in [4.69, 9.17) is 11.6 Å². The number of nitrogens with one attached hydrogen (secondary N) is 1. The van der Waals surface area contributed by atoms with Gasteiger partial charge in [0.05, 0.1) is 6.04 Å². The molecule has 0 radical (unpaired) electrons. The van der Waals surface area contributed by atoms with Gasteiger partial charge in [-0.1, -0.05) is 11.6 Å². The van der Waals surface area contributed by atoms with Crippen molar-refractivity contribution in [1.29, 1.82) is 0 Å². The van der Waals surface area contributed by atoms with Crippen molar-refractivity contribution >= 4 is 29.5 Å². The molecule has 3 unspecified atom stereocenters. The maximum atomic E-state index is 13.7. The number of aromatic nitrogens is 2. The highest BCUT2D eigenvalue weighted by molar-refractivity contribution is 6.29. The lowest BCUT2D eigenvalue weighted by Crippen LogP contribution is -2.44. The number of nitrogens with zero attached hydrogens (tertiary/aromatic N) is 4. The van der Waals surface area contributed by atoms with Crippen LogP contribution >= 0.6 is 11.6 Å². The Morgan fingerprint density at radius 2 is 1.94 bits per heavy atom. The van der Waals surface area contributed by atoms with Gasteiger partial charge in [-0.2, -0.15) is 5.10 Å². The Morgan fingerprint density at radius 1 is 1.19 bits per heavy atom. The van der Waals surface area contributed by atoms with Crippen LogP contribution in [0.2, 0.25) is 5.15 Å². The largest absolute Gasteiger partial charge is 0.373 e. The van der Waals surface area contributed by atoms with Gasteiger partial charge in [-0.3, -0.25) is 4.79 Å². The lowest BCUT2D eigenvalue weighted by atomic mass is 9.68. The van der Waals surface area contributed by atoms with Gasteiger partial charge < -0.3 is 10.4 Å². The molecule has 162 valence electrons. The van der Waals surface area contributed by atoms with E-state index in [9.17, 15) is 18.7 Å². The van der Waals surface area contributed by atoms with E-state index in [1.165, 1.54) is 29.5 Å². The van der Waals surface area contributed by atoms with Gasteiger partial charge in [0.1, 0.15) is 35.2 Å². The smallest absolute Gasteiger partial charge is 0.246 e. The number of hydrogen-bond donors (Lipinski definition) is 2. The summed E-state index contributed by atoms with van der Waals surface area (Å²) in [7, 11) is 0. The molecule has 3 fully saturated rings. The van der Waals surface area contributed by atoms with Crippen LogP contribution in [0.15, 0.2) is 35.7 Å². The van der Waals surface area contributed by atoms with Crippen molar-refractivity contribution in [2.75, 3.05) is 5.32 Å². The number of anilines is 1. The second kappa shape index (κ2) is 7.49. The fraction of sp³-hybridized carbons (Fsp3) is 0.429. The van der Waals surface area contributed by atoms with Crippen LogP contribution in [0, 0.1) is 28.9 Å². The minimum atomic E-state index is -0.886. The zero-order valence-electron chi connectivity index (χ0n) is 16.4. The predicted molar refractivity (Wildman–Crippen MR) is 109 cm³/mol. The average molecular weight is 448 g/mol. The van der Waals surface area contributed by atoms with Gasteiger partial charge in [0.2, 0.25) is 5.91 Å². The Morgan fingerprint density at radius 3 is 2.65 bits per heavy atom. The molecule has 2 heterocycles. The summed E-state index contributed by atoms with van der Waals surface area (Å²) in [6.45, 7) is 0. The van der Waals surface area contributed by atoms with Crippen molar-refractivity contribution in [3.63, 3.8) is 0 Å². The number of halogens is 3. The highest BCUT2D eigenvalue weighted by Crippen LogP contribution is 2.64. The number of rotatable bonds is 5. The van der Waals surface area contributed by atoms with E-state index in [0.717, 1.165) is 6.07 Å². The first-order chi connectivity index (χ1) is 14.8. The lowest BCUT2D eigenvalue weighted by molar-refractivity contribution is -0.138. The molecular weight excluding hydrogens is 428 g/mol. The maximum Gasteiger partial charge on any atom is 0.246 e. The van der Waals surface area contributed by atoms with Gasteiger partial charge in [0, 0.05) is 36.1 Å². The summed E-state index contributed by atoms with van der Waals surface area (Å²) in [6.07, 6.45) is 4.31. The van der Waals surface area contributed by atoms with E-state index in [2.05, 4.69) is 20.4 Å². The van der Waals surface area contributed by atoms with Crippen LogP contribution in [0.3, 0.4) is 0 Å². The molecule has 0 spiro atoms. The number of hydrogen-bond acceptors (Lipinski definition) is 6. The molecule has 2 N–H and O–H groups in total. The molecule has 6 rings (SSSR count). The third kappa shape index (κ3) is 3.55. The lowest BCUT2D eigenvalue weighted by Gasteiger charge is -2.42. The Bertz CT molecular complexity index is 1040. The minimum Gasteiger partial charge on any atom is -0.373 e. The van der Waals surface area contributed by atoms with Gasteiger partial charge in [0.25, 0.3) is 0 Å². The maximum absolute atomic E-state index is 13.7. The number of aliphatic hydroxyl groups excluding tert-OH is 1. The van der Waals surface area contributed by atoms with E-state index in [0.29, 0.717) is 37.1 Å². The molecule has 1 aromatic heterocycles. The summed E-state index contributed by atoms with van der Waals surface area (Å²) in [6, 6.07) is 4.27. The minimum absolute atomic E-state index is 0.138. The highest BCUT2D eigenvalue weighted by atomic mass is 35.5. The fourth-order valence-electron chi connectivity index (χ4n) is 5.21. The molecule has 31 heavy (non-hydrogen) atoms. The van der Waals surface area contributed by atoms with E-state index < -0.39 is 29.3 Å². The van der Waals surface area contributed by atoms with Crippen LogP contribution in [0.1, 0.15) is 37.3 Å². The standard InChI is InChI=1S/C21H20ClF2N5O2/c22-17-6-18(26-10-25-17)28-20(31)21-7-12(8-21)15(9-21)19(30)29-16(1-2-27-29)11-3-13(23)5-14(24)4-11/h2-6,10,12,15-16,20,31H,1,7-9H2,(H,25,26,28). The van der Waals surface area contributed by atoms with Crippen LogP contribution in [0.4, 0.5) is 14.6 Å². The average Bonchev–Trinajstić information content (AvgIpc) is 3.40. The van der Waals surface area contributed by atoms with Crippen LogP contribution in [-0.4, -0.2) is 38.4 Å². The zero-order valence-corrected chi connectivity index (χ0v) is 17.1. The number of amides is 1. The molecule has 1 aliphatic heterocycles. The van der Waals surface area contributed by atoms with Gasteiger partial charge in [-0.05, 0) is 42.9 Å². The summed E-state index contributed by atoms with van der Waals surface area (Å²) >= 11 is 5.87. The third-order valence-electron chi connectivity index (χ3n) is 6.67. The first-order valence-corrected chi connectivity index (χ1v) is 10.5. The summed E-state index contributed by atoms with van der Waals surface area (Å²) in [5.74, 6) is -1.30. The number of carbonyl (C=O) groups is 1. The molecule has 2 bridgehead atoms. The van der Waals surface area contributed by atoms with Crippen LogP contribution < -0.4 is 5.32 Å². The van der Waals surface area contributed by atoms with Crippen molar-refractivity contribution in [1.82, 2.24) is 15.0 Å². The number of benzene rings is 1. The van der Waals surface area contributed by atoms with Gasteiger partial charge >= 0.3 is 0 Å². The van der Waals surface area contributed by atoms with E-state index >= 15 is 0 Å². The Labute approximate surface area is 182 Å². The van der Waals surface area contributed by atoms with Crippen LogP contribution in [0.25, 0.3) is 0 Å². The molecule has 7 nitrogen and oxygen atoms in total. The monoisotopic (exact) mass is 447 g/mol. The first-order valence-electron chi connectivity index (χ1n) is 10.1. The molecule has 4 aliphatic rings. The second-order valence-electron chi connectivity index (χ2n) is 8.55. The van der Waals surface area contributed by atoms with E-state index in [-0.39, 0.29) is 22.9 Å². The number of aliphatic hydroxyl groups is 1. The second-order valence-corrected chi connectivity index (χ2v) is 8.94. The third-order valence-corrected chi connectivity index (χ3v) is 6.88. The number of fused-ring (bicyclic) bond motifs is 1. The Hall–Kier alpha value is -2.65. The molecule has 3 aliphatic carbocycles. The first kappa shape index (κ1) is 20.3. The fourth-order valence-corrected chi connectivity index (χ4v) is 5.36. The van der Waals surface area contributed by atoms with Gasteiger partial charge in [-0.15, -0.1) is 0 Å². The van der Waals surface area contributed by atoms with Crippen molar-refractivity contribution in [2.24, 2.45) is 22.4 Å². The summed E-state index contributed by atoms with van der Waals surface area (Å²) in [4.78, 5) is 21.2. The van der Waals surface area contributed by atoms with E-state index in [1.54, 1.807) is 6.21 Å². The number of carbonyl (C=O) groups excluding carboxylic acids is 1. The van der Waals surface area contributed by atoms with Gasteiger partial charge in [-0.25, -0.2) is 23.8 Å².